The molecule has 0 N–H and O–H groups in total. The summed E-state index contributed by atoms with van der Waals surface area (Å²) in [6.45, 7) is 13.8. The van der Waals surface area contributed by atoms with Crippen molar-refractivity contribution in [1.29, 1.82) is 0 Å². The summed E-state index contributed by atoms with van der Waals surface area (Å²) < 4.78 is 0. The van der Waals surface area contributed by atoms with Gasteiger partial charge in [-0.1, -0.05) is 154 Å². The maximum atomic E-state index is 2.57. The molecule has 1 nitrogen and oxygen atoms in total. The fourth-order valence-electron chi connectivity index (χ4n) is 7.22. The molecule has 0 heterocycles. The van der Waals surface area contributed by atoms with Gasteiger partial charge in [0.1, 0.15) is 0 Å². The Labute approximate surface area is 259 Å². The van der Waals surface area contributed by atoms with E-state index in [-0.39, 0.29) is 10.8 Å². The molecule has 42 heavy (non-hydrogen) atoms. The minimum atomic E-state index is 0.124. The van der Waals surface area contributed by atoms with Crippen molar-refractivity contribution in [2.45, 2.75) is 142 Å². The topological polar surface area (TPSA) is 3.24 Å². The van der Waals surface area contributed by atoms with Gasteiger partial charge in [0.15, 0.2) is 0 Å². The highest BCUT2D eigenvalue weighted by Crippen LogP contribution is 2.55. The van der Waals surface area contributed by atoms with Gasteiger partial charge in [0.05, 0.1) is 0 Å². The molecular weight excluding hydrogens is 506 g/mol. The van der Waals surface area contributed by atoms with Crippen molar-refractivity contribution in [1.82, 2.24) is 0 Å². The summed E-state index contributed by atoms with van der Waals surface area (Å²) in [5.74, 6) is 0. The molecule has 3 aromatic carbocycles. The number of aryl methyl sites for hydroxylation is 1. The largest absolute Gasteiger partial charge is 0.345 e. The second-order valence-electron chi connectivity index (χ2n) is 14.3. The number of nitrogens with zero attached hydrogens (tertiary/aromatic N) is 1. The van der Waals surface area contributed by atoms with Crippen molar-refractivity contribution in [2.75, 3.05) is 11.9 Å². The molecule has 0 saturated carbocycles. The van der Waals surface area contributed by atoms with E-state index in [0.717, 1.165) is 0 Å². The van der Waals surface area contributed by atoms with Crippen molar-refractivity contribution in [3.63, 3.8) is 0 Å². The van der Waals surface area contributed by atoms with E-state index in [4.69, 9.17) is 0 Å². The average Bonchev–Trinajstić information content (AvgIpc) is 3.24. The molecule has 3 aromatic rings. The van der Waals surface area contributed by atoms with Gasteiger partial charge in [0.2, 0.25) is 0 Å². The van der Waals surface area contributed by atoms with Crippen LogP contribution in [0.1, 0.15) is 147 Å². The van der Waals surface area contributed by atoms with Crippen molar-refractivity contribution >= 4 is 11.4 Å². The summed E-state index contributed by atoms with van der Waals surface area (Å²) in [6, 6.07) is 23.8. The quantitative estimate of drug-likeness (QED) is 0.156. The second kappa shape index (κ2) is 14.8. The van der Waals surface area contributed by atoms with E-state index >= 15 is 0 Å². The molecule has 4 rings (SSSR count). The SMILES string of the molecule is CCCCCCCCC1(CCCCCCCC)c2cc(C)ccc2-c2ccc(N(C)c3ccc(C(C)(C)C)cc3)cc21. The van der Waals surface area contributed by atoms with Crippen LogP contribution >= 0.6 is 0 Å². The minimum absolute atomic E-state index is 0.124. The number of anilines is 2. The molecule has 0 saturated heterocycles. The monoisotopic (exact) mass is 565 g/mol. The Balaban J connectivity index is 1.68. The van der Waals surface area contributed by atoms with E-state index in [9.17, 15) is 0 Å². The van der Waals surface area contributed by atoms with Crippen molar-refractivity contribution in [3.8, 4) is 11.1 Å². The van der Waals surface area contributed by atoms with Gasteiger partial charge in [-0.3, -0.25) is 0 Å². The number of unbranched alkanes of at least 4 members (excludes halogenated alkanes) is 10. The van der Waals surface area contributed by atoms with Gasteiger partial charge in [0, 0.05) is 23.8 Å². The Bertz CT molecular complexity index is 1240. The Hall–Kier alpha value is -2.54. The van der Waals surface area contributed by atoms with Gasteiger partial charge in [-0.15, -0.1) is 0 Å². The van der Waals surface area contributed by atoms with E-state index in [2.05, 4.69) is 114 Å². The minimum Gasteiger partial charge on any atom is -0.345 e. The van der Waals surface area contributed by atoms with Gasteiger partial charge >= 0.3 is 0 Å². The predicted octanol–water partition coefficient (Wildman–Crippen LogP) is 12.8. The molecule has 0 spiro atoms. The van der Waals surface area contributed by atoms with Crippen LogP contribution in [0.2, 0.25) is 0 Å². The zero-order chi connectivity index (χ0) is 30.2. The van der Waals surface area contributed by atoms with Gasteiger partial charge < -0.3 is 4.90 Å². The van der Waals surface area contributed by atoms with E-state index in [1.165, 1.54) is 124 Å². The van der Waals surface area contributed by atoms with Crippen molar-refractivity contribution in [2.24, 2.45) is 0 Å². The third kappa shape index (κ3) is 7.50. The van der Waals surface area contributed by atoms with Crippen LogP contribution in [0.25, 0.3) is 11.1 Å². The van der Waals surface area contributed by atoms with E-state index in [1.54, 1.807) is 11.1 Å². The van der Waals surface area contributed by atoms with Gasteiger partial charge in [0.25, 0.3) is 0 Å². The lowest BCUT2D eigenvalue weighted by molar-refractivity contribution is 0.397. The van der Waals surface area contributed by atoms with E-state index < -0.39 is 0 Å². The lowest BCUT2D eigenvalue weighted by Gasteiger charge is -2.34. The average molecular weight is 566 g/mol. The van der Waals surface area contributed by atoms with Gasteiger partial charge in [-0.05, 0) is 77.3 Å². The first-order valence-corrected chi connectivity index (χ1v) is 17.3. The zero-order valence-electron chi connectivity index (χ0n) is 28.1. The molecule has 0 unspecified atom stereocenters. The summed E-state index contributed by atoms with van der Waals surface area (Å²) in [7, 11) is 2.24. The second-order valence-corrected chi connectivity index (χ2v) is 14.3. The molecule has 0 aliphatic heterocycles. The molecular formula is C41H59N. The van der Waals surface area contributed by atoms with Crippen LogP contribution in [-0.4, -0.2) is 7.05 Å². The van der Waals surface area contributed by atoms with Crippen LogP contribution in [0.15, 0.2) is 60.7 Å². The van der Waals surface area contributed by atoms with Crippen molar-refractivity contribution < 1.29 is 0 Å². The molecule has 1 aliphatic rings. The van der Waals surface area contributed by atoms with Crippen LogP contribution in [0, 0.1) is 6.92 Å². The lowest BCUT2D eigenvalue weighted by Crippen LogP contribution is -2.26. The smallest absolute Gasteiger partial charge is 0.0411 e. The van der Waals surface area contributed by atoms with Crippen LogP contribution in [0.3, 0.4) is 0 Å². The third-order valence-corrected chi connectivity index (χ3v) is 9.92. The number of hydrogen-bond donors (Lipinski definition) is 0. The Morgan fingerprint density at radius 1 is 0.571 bits per heavy atom. The standard InChI is InChI=1S/C41H59N/c1-8-10-12-14-16-18-28-41(29-19-17-15-13-11-9-2)38-30-32(3)20-26-36(38)37-27-25-35(31-39(37)41)42(7)34-23-21-33(22-24-34)40(4,5)6/h20-27,30-31H,8-19,28-29H2,1-7H3. The summed E-state index contributed by atoms with van der Waals surface area (Å²) in [5.41, 5.74) is 11.8. The summed E-state index contributed by atoms with van der Waals surface area (Å²) in [6.07, 6.45) is 18.8. The molecule has 1 heteroatoms. The molecule has 0 fully saturated rings. The first-order valence-electron chi connectivity index (χ1n) is 17.3. The number of rotatable bonds is 16. The maximum Gasteiger partial charge on any atom is 0.0411 e. The lowest BCUT2D eigenvalue weighted by atomic mass is 9.70. The van der Waals surface area contributed by atoms with Gasteiger partial charge in [-0.25, -0.2) is 0 Å². The summed E-state index contributed by atoms with van der Waals surface area (Å²) in [5, 5.41) is 0. The van der Waals surface area contributed by atoms with Crippen LogP contribution in [-0.2, 0) is 10.8 Å². The highest BCUT2D eigenvalue weighted by Gasteiger charge is 2.42. The zero-order valence-corrected chi connectivity index (χ0v) is 28.1. The number of benzene rings is 3. The highest BCUT2D eigenvalue weighted by molar-refractivity contribution is 5.84. The Kier molecular flexibility index (Phi) is 11.4. The van der Waals surface area contributed by atoms with Gasteiger partial charge in [-0.2, -0.15) is 0 Å². The molecule has 0 bridgehead atoms. The predicted molar refractivity (Wildman–Crippen MR) is 187 cm³/mol. The summed E-state index contributed by atoms with van der Waals surface area (Å²) >= 11 is 0. The third-order valence-electron chi connectivity index (χ3n) is 9.92. The molecule has 1 aliphatic carbocycles. The molecule has 0 aromatic heterocycles. The normalized spacial score (nSPS) is 13.7. The number of hydrogen-bond acceptors (Lipinski definition) is 1. The van der Waals surface area contributed by atoms with E-state index in [1.807, 2.05) is 0 Å². The summed E-state index contributed by atoms with van der Waals surface area (Å²) in [4.78, 5) is 2.39. The maximum absolute atomic E-state index is 2.57. The first kappa shape index (κ1) is 32.4. The van der Waals surface area contributed by atoms with Crippen LogP contribution in [0.4, 0.5) is 11.4 Å². The molecule has 0 radical (unpaired) electrons. The molecule has 0 atom stereocenters. The molecule has 0 amide bonds. The van der Waals surface area contributed by atoms with Crippen molar-refractivity contribution in [3.05, 3.63) is 82.9 Å². The van der Waals surface area contributed by atoms with E-state index in [0.29, 0.717) is 0 Å². The number of fused-ring (bicyclic) bond motifs is 3. The Morgan fingerprint density at radius 2 is 1.05 bits per heavy atom. The highest BCUT2D eigenvalue weighted by atomic mass is 15.1. The first-order chi connectivity index (χ1) is 20.2. The fraction of sp³-hybridized carbons (Fsp3) is 0.561. The fourth-order valence-corrected chi connectivity index (χ4v) is 7.22. The Morgan fingerprint density at radius 3 is 1.60 bits per heavy atom. The van der Waals surface area contributed by atoms with Crippen LogP contribution in [0.5, 0.6) is 0 Å². The molecule has 228 valence electrons. The van der Waals surface area contributed by atoms with Crippen LogP contribution < -0.4 is 4.90 Å².